The lowest BCUT2D eigenvalue weighted by molar-refractivity contribution is 0.718. The van der Waals surface area contributed by atoms with Crippen molar-refractivity contribution in [3.05, 3.63) is 28.8 Å². The van der Waals surface area contributed by atoms with Gasteiger partial charge in [0.2, 0.25) is 0 Å². The quantitative estimate of drug-likeness (QED) is 0.576. The smallest absolute Gasteiger partial charge is 0.0417 e. The molecule has 0 aliphatic carbocycles. The minimum atomic E-state index is 0.833. The Morgan fingerprint density at radius 2 is 2.12 bits per heavy atom. The standard InChI is InChI=1S/C13H20ClNS/c1-3-5-8-16-13-9-12(14)7-6-11(13)10-15-4-2/h6-7,9,15H,3-5,8,10H2,1-2H3. The molecule has 0 aliphatic rings. The molecule has 1 aromatic carbocycles. The summed E-state index contributed by atoms with van der Waals surface area (Å²) in [5.74, 6) is 1.18. The fourth-order valence-corrected chi connectivity index (χ4v) is 2.82. The minimum absolute atomic E-state index is 0.833. The van der Waals surface area contributed by atoms with Crippen molar-refractivity contribution >= 4 is 23.4 Å². The molecule has 0 saturated heterocycles. The van der Waals surface area contributed by atoms with Crippen molar-refractivity contribution in [1.82, 2.24) is 5.32 Å². The molecular weight excluding hydrogens is 238 g/mol. The molecule has 0 unspecified atom stereocenters. The number of rotatable bonds is 7. The molecule has 0 spiro atoms. The SMILES string of the molecule is CCCCSc1cc(Cl)ccc1CNCC. The van der Waals surface area contributed by atoms with Crippen LogP contribution in [0.25, 0.3) is 0 Å². The number of hydrogen-bond donors (Lipinski definition) is 1. The lowest BCUT2D eigenvalue weighted by Gasteiger charge is -2.10. The van der Waals surface area contributed by atoms with Gasteiger partial charge in [-0.2, -0.15) is 0 Å². The second-order valence-electron chi connectivity index (χ2n) is 3.73. The first-order chi connectivity index (χ1) is 7.77. The molecule has 0 bridgehead atoms. The molecule has 1 rings (SSSR count). The van der Waals surface area contributed by atoms with E-state index < -0.39 is 0 Å². The third-order valence-electron chi connectivity index (χ3n) is 2.35. The van der Waals surface area contributed by atoms with Gasteiger partial charge < -0.3 is 5.32 Å². The van der Waals surface area contributed by atoms with Gasteiger partial charge in [0.15, 0.2) is 0 Å². The van der Waals surface area contributed by atoms with Crippen molar-refractivity contribution in [3.63, 3.8) is 0 Å². The zero-order chi connectivity index (χ0) is 11.8. The Hall–Kier alpha value is -0.180. The maximum absolute atomic E-state index is 6.03. The number of nitrogens with one attached hydrogen (secondary N) is 1. The number of hydrogen-bond acceptors (Lipinski definition) is 2. The molecule has 0 heterocycles. The highest BCUT2D eigenvalue weighted by Crippen LogP contribution is 2.27. The first-order valence-electron chi connectivity index (χ1n) is 5.89. The Kier molecular flexibility index (Phi) is 6.93. The zero-order valence-corrected chi connectivity index (χ0v) is 11.6. The van der Waals surface area contributed by atoms with Crippen molar-refractivity contribution in [2.75, 3.05) is 12.3 Å². The van der Waals surface area contributed by atoms with Crippen LogP contribution in [0.5, 0.6) is 0 Å². The molecule has 1 aromatic rings. The topological polar surface area (TPSA) is 12.0 Å². The Bertz CT molecular complexity index is 315. The lowest BCUT2D eigenvalue weighted by atomic mass is 10.2. The van der Waals surface area contributed by atoms with Crippen LogP contribution in [0.4, 0.5) is 0 Å². The predicted molar refractivity (Wildman–Crippen MR) is 74.5 cm³/mol. The van der Waals surface area contributed by atoms with Gasteiger partial charge in [-0.05, 0) is 36.4 Å². The largest absolute Gasteiger partial charge is 0.313 e. The summed E-state index contributed by atoms with van der Waals surface area (Å²) in [5, 5.41) is 4.19. The van der Waals surface area contributed by atoms with Crippen LogP contribution in [0, 0.1) is 0 Å². The molecule has 3 heteroatoms. The molecular formula is C13H20ClNS. The maximum Gasteiger partial charge on any atom is 0.0417 e. The van der Waals surface area contributed by atoms with E-state index in [1.165, 1.54) is 29.1 Å². The van der Waals surface area contributed by atoms with Crippen molar-refractivity contribution in [2.45, 2.75) is 38.1 Å². The van der Waals surface area contributed by atoms with E-state index in [0.717, 1.165) is 18.1 Å². The second kappa shape index (κ2) is 7.99. The van der Waals surface area contributed by atoms with Gasteiger partial charge in [-0.15, -0.1) is 11.8 Å². The van der Waals surface area contributed by atoms with Gasteiger partial charge in [0.25, 0.3) is 0 Å². The van der Waals surface area contributed by atoms with Crippen molar-refractivity contribution in [1.29, 1.82) is 0 Å². The maximum atomic E-state index is 6.03. The average molecular weight is 258 g/mol. The van der Waals surface area contributed by atoms with Crippen LogP contribution < -0.4 is 5.32 Å². The van der Waals surface area contributed by atoms with E-state index in [1.807, 2.05) is 17.8 Å². The summed E-state index contributed by atoms with van der Waals surface area (Å²) in [7, 11) is 0. The van der Waals surface area contributed by atoms with Crippen LogP contribution in [0.3, 0.4) is 0 Å². The van der Waals surface area contributed by atoms with E-state index >= 15 is 0 Å². The summed E-state index contributed by atoms with van der Waals surface area (Å²) in [6, 6.07) is 6.17. The van der Waals surface area contributed by atoms with Crippen molar-refractivity contribution in [3.8, 4) is 0 Å². The summed E-state index contributed by atoms with van der Waals surface area (Å²) in [6.07, 6.45) is 2.51. The Morgan fingerprint density at radius 1 is 1.31 bits per heavy atom. The fraction of sp³-hybridized carbons (Fsp3) is 0.538. The average Bonchev–Trinajstić information content (AvgIpc) is 2.28. The molecule has 1 N–H and O–H groups in total. The van der Waals surface area contributed by atoms with Crippen LogP contribution in [0.15, 0.2) is 23.1 Å². The van der Waals surface area contributed by atoms with Gasteiger partial charge in [-0.3, -0.25) is 0 Å². The van der Waals surface area contributed by atoms with E-state index in [2.05, 4.69) is 31.3 Å². The molecule has 0 atom stereocenters. The Morgan fingerprint density at radius 3 is 2.81 bits per heavy atom. The first kappa shape index (κ1) is 13.9. The summed E-state index contributed by atoms with van der Waals surface area (Å²) in [5.41, 5.74) is 1.35. The highest BCUT2D eigenvalue weighted by atomic mass is 35.5. The van der Waals surface area contributed by atoms with Crippen LogP contribution in [-0.4, -0.2) is 12.3 Å². The monoisotopic (exact) mass is 257 g/mol. The van der Waals surface area contributed by atoms with Gasteiger partial charge in [0.1, 0.15) is 0 Å². The van der Waals surface area contributed by atoms with Crippen LogP contribution >= 0.6 is 23.4 Å². The van der Waals surface area contributed by atoms with Crippen LogP contribution in [-0.2, 0) is 6.54 Å². The van der Waals surface area contributed by atoms with Gasteiger partial charge in [0, 0.05) is 16.5 Å². The minimum Gasteiger partial charge on any atom is -0.313 e. The fourth-order valence-electron chi connectivity index (χ4n) is 1.39. The second-order valence-corrected chi connectivity index (χ2v) is 5.31. The summed E-state index contributed by atoms with van der Waals surface area (Å²) < 4.78 is 0. The molecule has 1 nitrogen and oxygen atoms in total. The van der Waals surface area contributed by atoms with Gasteiger partial charge in [-0.25, -0.2) is 0 Å². The van der Waals surface area contributed by atoms with Gasteiger partial charge in [-0.1, -0.05) is 37.9 Å². The molecule has 0 fully saturated rings. The van der Waals surface area contributed by atoms with E-state index in [9.17, 15) is 0 Å². The predicted octanol–water partition coefficient (Wildman–Crippen LogP) is 4.34. The summed E-state index contributed by atoms with van der Waals surface area (Å²) >= 11 is 7.94. The van der Waals surface area contributed by atoms with Gasteiger partial charge in [0.05, 0.1) is 0 Å². The Balaban J connectivity index is 2.65. The molecule has 90 valence electrons. The molecule has 0 aromatic heterocycles. The lowest BCUT2D eigenvalue weighted by Crippen LogP contribution is -2.12. The van der Waals surface area contributed by atoms with Gasteiger partial charge >= 0.3 is 0 Å². The van der Waals surface area contributed by atoms with Crippen LogP contribution in [0.2, 0.25) is 5.02 Å². The van der Waals surface area contributed by atoms with Crippen molar-refractivity contribution in [2.24, 2.45) is 0 Å². The number of thioether (sulfide) groups is 1. The molecule has 0 radical (unpaired) electrons. The highest BCUT2D eigenvalue weighted by molar-refractivity contribution is 7.99. The molecule has 0 aliphatic heterocycles. The molecule has 16 heavy (non-hydrogen) atoms. The molecule has 0 amide bonds. The number of halogens is 1. The third-order valence-corrected chi connectivity index (χ3v) is 3.77. The summed E-state index contributed by atoms with van der Waals surface area (Å²) in [6.45, 7) is 6.28. The van der Waals surface area contributed by atoms with E-state index in [4.69, 9.17) is 11.6 Å². The first-order valence-corrected chi connectivity index (χ1v) is 7.26. The highest BCUT2D eigenvalue weighted by Gasteiger charge is 2.03. The third kappa shape index (κ3) is 4.77. The van der Waals surface area contributed by atoms with E-state index in [-0.39, 0.29) is 0 Å². The normalized spacial score (nSPS) is 10.7. The Labute approximate surface area is 108 Å². The van der Waals surface area contributed by atoms with Crippen molar-refractivity contribution < 1.29 is 0 Å². The number of benzene rings is 1. The van der Waals surface area contributed by atoms with E-state index in [0.29, 0.717) is 0 Å². The number of unbranched alkanes of at least 4 members (excludes halogenated alkanes) is 1. The summed E-state index contributed by atoms with van der Waals surface area (Å²) in [4.78, 5) is 1.32. The van der Waals surface area contributed by atoms with Crippen LogP contribution in [0.1, 0.15) is 32.3 Å². The van der Waals surface area contributed by atoms with E-state index in [1.54, 1.807) is 0 Å². The zero-order valence-electron chi connectivity index (χ0n) is 10.1. The molecule has 0 saturated carbocycles.